The molecule has 2 aromatic rings. The minimum atomic E-state index is -3.64. The number of carbonyl (C=O) groups is 1. The van der Waals surface area contributed by atoms with Gasteiger partial charge in [0.1, 0.15) is 0 Å². The molecule has 0 aliphatic heterocycles. The van der Waals surface area contributed by atoms with Crippen molar-refractivity contribution in [3.63, 3.8) is 0 Å². The van der Waals surface area contributed by atoms with Crippen LogP contribution in [0.1, 0.15) is 34.3 Å². The molecule has 0 radical (unpaired) electrons. The molecule has 0 spiro atoms. The molecular weight excluding hydrogens is 308 g/mol. The van der Waals surface area contributed by atoms with Crippen molar-refractivity contribution in [2.45, 2.75) is 31.7 Å². The molecule has 0 aliphatic carbocycles. The van der Waals surface area contributed by atoms with Crippen molar-refractivity contribution in [3.8, 4) is 0 Å². The van der Waals surface area contributed by atoms with Crippen LogP contribution in [0.2, 0.25) is 0 Å². The summed E-state index contributed by atoms with van der Waals surface area (Å²) in [5.41, 5.74) is 2.91. The van der Waals surface area contributed by atoms with E-state index in [9.17, 15) is 13.2 Å². The van der Waals surface area contributed by atoms with Gasteiger partial charge in [-0.05, 0) is 19.1 Å². The molecule has 0 aliphatic rings. The molecule has 21 heavy (non-hydrogen) atoms. The Balaban J connectivity index is 2.19. The quantitative estimate of drug-likeness (QED) is 0.828. The SMILES string of the molecule is CCC(=O)c1cccc(S(=O)(=O)NCc2scnc2C)c1. The first kappa shape index (κ1) is 15.8. The zero-order valence-electron chi connectivity index (χ0n) is 11.8. The molecule has 0 unspecified atom stereocenters. The predicted molar refractivity (Wildman–Crippen MR) is 81.9 cm³/mol. The Labute approximate surface area is 128 Å². The van der Waals surface area contributed by atoms with Crippen LogP contribution >= 0.6 is 11.3 Å². The summed E-state index contributed by atoms with van der Waals surface area (Å²) in [6.45, 7) is 3.78. The Bertz CT molecular complexity index is 751. The molecule has 1 aromatic carbocycles. The van der Waals surface area contributed by atoms with Gasteiger partial charge in [0.2, 0.25) is 10.0 Å². The van der Waals surface area contributed by atoms with Crippen LogP contribution in [0.3, 0.4) is 0 Å². The van der Waals surface area contributed by atoms with Crippen LogP contribution in [0.15, 0.2) is 34.7 Å². The van der Waals surface area contributed by atoms with E-state index in [1.165, 1.54) is 23.5 Å². The number of hydrogen-bond donors (Lipinski definition) is 1. The third kappa shape index (κ3) is 3.75. The van der Waals surface area contributed by atoms with Crippen molar-refractivity contribution < 1.29 is 13.2 Å². The minimum absolute atomic E-state index is 0.0784. The number of rotatable bonds is 6. The van der Waals surface area contributed by atoms with E-state index >= 15 is 0 Å². The highest BCUT2D eigenvalue weighted by Gasteiger charge is 2.16. The summed E-state index contributed by atoms with van der Waals surface area (Å²) in [5, 5.41) is 0. The average Bonchev–Trinajstić information content (AvgIpc) is 2.90. The largest absolute Gasteiger partial charge is 0.294 e. The molecule has 0 saturated heterocycles. The molecule has 0 fully saturated rings. The second kappa shape index (κ2) is 6.46. The Morgan fingerprint density at radius 2 is 2.14 bits per heavy atom. The summed E-state index contributed by atoms with van der Waals surface area (Å²) in [5.74, 6) is -0.0784. The van der Waals surface area contributed by atoms with Gasteiger partial charge in [-0.25, -0.2) is 18.1 Å². The van der Waals surface area contributed by atoms with E-state index in [0.29, 0.717) is 12.0 Å². The predicted octanol–water partition coefficient (Wildman–Crippen LogP) is 2.52. The average molecular weight is 324 g/mol. The number of nitrogens with zero attached hydrogens (tertiary/aromatic N) is 1. The van der Waals surface area contributed by atoms with E-state index in [4.69, 9.17) is 0 Å². The Hall–Kier alpha value is -1.57. The number of aromatic nitrogens is 1. The van der Waals surface area contributed by atoms with E-state index in [-0.39, 0.29) is 17.2 Å². The second-order valence-electron chi connectivity index (χ2n) is 4.49. The first-order chi connectivity index (χ1) is 9.94. The van der Waals surface area contributed by atoms with Crippen molar-refractivity contribution in [3.05, 3.63) is 45.9 Å². The maximum atomic E-state index is 12.3. The zero-order valence-corrected chi connectivity index (χ0v) is 13.4. The first-order valence-corrected chi connectivity index (χ1v) is 8.82. The molecule has 1 aromatic heterocycles. The van der Waals surface area contributed by atoms with Gasteiger partial charge in [0, 0.05) is 23.4 Å². The standard InChI is InChI=1S/C14H16N2O3S2/c1-3-13(17)11-5-4-6-12(7-11)21(18,19)16-8-14-10(2)15-9-20-14/h4-7,9,16H,3,8H2,1-2H3. The number of ketones is 1. The maximum Gasteiger partial charge on any atom is 0.240 e. The summed E-state index contributed by atoms with van der Waals surface area (Å²) < 4.78 is 27.1. The molecule has 2 rings (SSSR count). The molecule has 0 bridgehead atoms. The zero-order chi connectivity index (χ0) is 15.5. The maximum absolute atomic E-state index is 12.3. The summed E-state index contributed by atoms with van der Waals surface area (Å²) in [6.07, 6.45) is 0.344. The van der Waals surface area contributed by atoms with Gasteiger partial charge >= 0.3 is 0 Å². The van der Waals surface area contributed by atoms with Crippen molar-refractivity contribution in [1.29, 1.82) is 0 Å². The lowest BCUT2D eigenvalue weighted by atomic mass is 10.1. The lowest BCUT2D eigenvalue weighted by molar-refractivity contribution is 0.0988. The van der Waals surface area contributed by atoms with E-state index in [2.05, 4.69) is 9.71 Å². The Kier molecular flexibility index (Phi) is 4.87. The fraction of sp³-hybridized carbons (Fsp3) is 0.286. The highest BCUT2D eigenvalue weighted by Crippen LogP contribution is 2.16. The summed E-state index contributed by atoms with van der Waals surface area (Å²) in [4.78, 5) is 16.7. The van der Waals surface area contributed by atoms with Crippen LogP contribution in [0.5, 0.6) is 0 Å². The van der Waals surface area contributed by atoms with E-state index in [1.807, 2.05) is 6.92 Å². The molecule has 112 valence electrons. The first-order valence-electron chi connectivity index (χ1n) is 6.46. The molecule has 0 amide bonds. The topological polar surface area (TPSA) is 76.1 Å². The Morgan fingerprint density at radius 3 is 2.76 bits per heavy atom. The van der Waals surface area contributed by atoms with Gasteiger partial charge in [-0.2, -0.15) is 0 Å². The normalized spacial score (nSPS) is 11.5. The molecule has 1 heterocycles. The van der Waals surface area contributed by atoms with Crippen molar-refractivity contribution in [2.75, 3.05) is 0 Å². The van der Waals surface area contributed by atoms with Crippen molar-refractivity contribution in [1.82, 2.24) is 9.71 Å². The minimum Gasteiger partial charge on any atom is -0.294 e. The summed E-state index contributed by atoms with van der Waals surface area (Å²) in [7, 11) is -3.64. The van der Waals surface area contributed by atoms with Crippen LogP contribution in [-0.4, -0.2) is 19.2 Å². The molecular formula is C14H16N2O3S2. The van der Waals surface area contributed by atoms with Gasteiger partial charge in [-0.1, -0.05) is 19.1 Å². The number of carbonyl (C=O) groups excluding carboxylic acids is 1. The van der Waals surface area contributed by atoms with Crippen LogP contribution in [0.4, 0.5) is 0 Å². The van der Waals surface area contributed by atoms with E-state index in [0.717, 1.165) is 10.6 Å². The van der Waals surface area contributed by atoms with Crippen LogP contribution in [0.25, 0.3) is 0 Å². The number of benzene rings is 1. The molecule has 1 N–H and O–H groups in total. The fourth-order valence-corrected chi connectivity index (χ4v) is 3.63. The second-order valence-corrected chi connectivity index (χ2v) is 7.20. The van der Waals surface area contributed by atoms with Crippen molar-refractivity contribution >= 4 is 27.1 Å². The smallest absolute Gasteiger partial charge is 0.240 e. The number of nitrogens with one attached hydrogen (secondary N) is 1. The van der Waals surface area contributed by atoms with E-state index < -0.39 is 10.0 Å². The van der Waals surface area contributed by atoms with E-state index in [1.54, 1.807) is 24.6 Å². The van der Waals surface area contributed by atoms with Gasteiger partial charge in [-0.15, -0.1) is 11.3 Å². The third-order valence-electron chi connectivity index (χ3n) is 3.06. The lowest BCUT2D eigenvalue weighted by Crippen LogP contribution is -2.23. The molecule has 0 saturated carbocycles. The summed E-state index contributed by atoms with van der Waals surface area (Å²) >= 11 is 1.40. The van der Waals surface area contributed by atoms with Gasteiger partial charge in [0.05, 0.1) is 16.1 Å². The lowest BCUT2D eigenvalue weighted by Gasteiger charge is -2.07. The van der Waals surface area contributed by atoms with Crippen LogP contribution in [0, 0.1) is 6.92 Å². The number of aryl methyl sites for hydroxylation is 1. The number of hydrogen-bond acceptors (Lipinski definition) is 5. The van der Waals surface area contributed by atoms with Crippen LogP contribution in [-0.2, 0) is 16.6 Å². The van der Waals surface area contributed by atoms with Gasteiger partial charge in [-0.3, -0.25) is 4.79 Å². The van der Waals surface area contributed by atoms with Gasteiger partial charge in [0.15, 0.2) is 5.78 Å². The van der Waals surface area contributed by atoms with Crippen molar-refractivity contribution in [2.24, 2.45) is 0 Å². The highest BCUT2D eigenvalue weighted by atomic mass is 32.2. The van der Waals surface area contributed by atoms with Gasteiger partial charge in [0.25, 0.3) is 0 Å². The molecule has 7 heteroatoms. The third-order valence-corrected chi connectivity index (χ3v) is 5.39. The van der Waals surface area contributed by atoms with Gasteiger partial charge < -0.3 is 0 Å². The van der Waals surface area contributed by atoms with Crippen LogP contribution < -0.4 is 4.72 Å². The molecule has 5 nitrogen and oxygen atoms in total. The number of thiazole rings is 1. The highest BCUT2D eigenvalue weighted by molar-refractivity contribution is 7.89. The summed E-state index contributed by atoms with van der Waals surface area (Å²) in [6, 6.07) is 6.09. The molecule has 0 atom stereocenters. The number of Topliss-reactive ketones (excluding diaryl/α,β-unsaturated/α-hetero) is 1. The monoisotopic (exact) mass is 324 g/mol. The number of sulfonamides is 1. The Morgan fingerprint density at radius 1 is 1.38 bits per heavy atom. The fourth-order valence-electron chi connectivity index (χ4n) is 1.78.